The maximum absolute atomic E-state index is 13.1. The molecule has 2 aromatic carbocycles. The summed E-state index contributed by atoms with van der Waals surface area (Å²) in [6, 6.07) is 13.3. The Bertz CT molecular complexity index is 1080. The van der Waals surface area contributed by atoms with E-state index in [1.807, 2.05) is 32.9 Å². The number of hydrogen-bond donors (Lipinski definition) is 2. The minimum absolute atomic E-state index is 0.0145. The zero-order chi connectivity index (χ0) is 24.0. The molecule has 0 bridgehead atoms. The number of carbonyl (C=O) groups excluding carboxylic acids is 2. The van der Waals surface area contributed by atoms with Crippen LogP contribution >= 0.6 is 0 Å². The van der Waals surface area contributed by atoms with Crippen LogP contribution in [0, 0.1) is 5.92 Å². The first-order chi connectivity index (χ1) is 15.7. The fourth-order valence-corrected chi connectivity index (χ4v) is 4.96. The average molecular weight is 472 g/mol. The summed E-state index contributed by atoms with van der Waals surface area (Å²) >= 11 is 0. The second-order valence-electron chi connectivity index (χ2n) is 8.79. The predicted octanol–water partition coefficient (Wildman–Crippen LogP) is 3.99. The van der Waals surface area contributed by atoms with Crippen molar-refractivity contribution in [2.24, 2.45) is 5.92 Å². The molecule has 0 spiro atoms. The molecule has 1 aliphatic heterocycles. The van der Waals surface area contributed by atoms with Crippen molar-refractivity contribution in [2.75, 3.05) is 24.4 Å². The lowest BCUT2D eigenvalue weighted by Gasteiger charge is -2.32. The lowest BCUT2D eigenvalue weighted by Crippen LogP contribution is -2.45. The van der Waals surface area contributed by atoms with Crippen molar-refractivity contribution < 1.29 is 18.0 Å². The van der Waals surface area contributed by atoms with Gasteiger partial charge in [-0.15, -0.1) is 0 Å². The molecule has 1 saturated heterocycles. The summed E-state index contributed by atoms with van der Waals surface area (Å²) in [5, 5.41) is 2.91. The highest BCUT2D eigenvalue weighted by atomic mass is 32.2. The van der Waals surface area contributed by atoms with Gasteiger partial charge >= 0.3 is 0 Å². The van der Waals surface area contributed by atoms with E-state index in [-0.39, 0.29) is 22.6 Å². The first-order valence-corrected chi connectivity index (χ1v) is 13.0. The number of rotatable bonds is 8. The maximum atomic E-state index is 13.1. The molecule has 33 heavy (non-hydrogen) atoms. The molecule has 2 N–H and O–H groups in total. The van der Waals surface area contributed by atoms with Crippen LogP contribution in [0.25, 0.3) is 0 Å². The Hall–Kier alpha value is -2.87. The van der Waals surface area contributed by atoms with E-state index in [0.29, 0.717) is 36.8 Å². The Morgan fingerprint density at radius 2 is 1.85 bits per heavy atom. The van der Waals surface area contributed by atoms with E-state index in [1.165, 1.54) is 0 Å². The van der Waals surface area contributed by atoms with Crippen LogP contribution in [0.3, 0.4) is 0 Å². The van der Waals surface area contributed by atoms with Crippen LogP contribution in [0.1, 0.15) is 61.9 Å². The number of sulfonamides is 1. The largest absolute Gasteiger partial charge is 0.356 e. The van der Waals surface area contributed by atoms with E-state index in [9.17, 15) is 18.0 Å². The third kappa shape index (κ3) is 6.35. The number of piperidine rings is 1. The van der Waals surface area contributed by atoms with E-state index in [1.54, 1.807) is 41.3 Å². The number of likely N-dealkylation sites (tertiary alicyclic amines) is 1. The summed E-state index contributed by atoms with van der Waals surface area (Å²) in [4.78, 5) is 27.3. The normalized spacial score (nSPS) is 16.5. The van der Waals surface area contributed by atoms with Crippen molar-refractivity contribution in [3.8, 4) is 0 Å². The summed E-state index contributed by atoms with van der Waals surface area (Å²) < 4.78 is 28.2. The average Bonchev–Trinajstić information content (AvgIpc) is 2.82. The summed E-state index contributed by atoms with van der Waals surface area (Å²) in [5.41, 5.74) is 1.77. The standard InChI is InChI=1S/C25H33N3O4S/c1-4-14-26-24(29)21-8-6-15-28(17-21)25(30)20-7-5-9-22(16-20)27-33(31,32)23-12-10-19(11-13-23)18(2)3/h5,7,9-13,16,18,21,27H,4,6,8,14-15,17H2,1-3H3,(H,26,29)/t21-/m0/s1. The molecule has 1 atom stereocenters. The minimum Gasteiger partial charge on any atom is -0.356 e. The highest BCUT2D eigenvalue weighted by Gasteiger charge is 2.29. The zero-order valence-electron chi connectivity index (χ0n) is 19.5. The van der Waals surface area contributed by atoms with Crippen molar-refractivity contribution in [1.29, 1.82) is 0 Å². The summed E-state index contributed by atoms with van der Waals surface area (Å²) in [6.45, 7) is 7.67. The number of amides is 2. The molecular weight excluding hydrogens is 438 g/mol. The Balaban J connectivity index is 1.71. The summed E-state index contributed by atoms with van der Waals surface area (Å²) in [5.74, 6) is -0.126. The molecule has 0 unspecified atom stereocenters. The number of nitrogens with one attached hydrogen (secondary N) is 2. The molecule has 178 valence electrons. The van der Waals surface area contributed by atoms with Gasteiger partial charge in [-0.2, -0.15) is 0 Å². The van der Waals surface area contributed by atoms with Crippen LogP contribution in [-0.4, -0.2) is 44.8 Å². The summed E-state index contributed by atoms with van der Waals surface area (Å²) in [6.07, 6.45) is 2.38. The van der Waals surface area contributed by atoms with Gasteiger partial charge in [-0.05, 0) is 61.1 Å². The van der Waals surface area contributed by atoms with Crippen molar-refractivity contribution in [3.05, 3.63) is 59.7 Å². The third-order valence-electron chi connectivity index (χ3n) is 5.85. The molecule has 1 heterocycles. The molecule has 2 aromatic rings. The fraction of sp³-hybridized carbons (Fsp3) is 0.440. The van der Waals surface area contributed by atoms with Gasteiger partial charge in [0.05, 0.1) is 10.8 Å². The Kier molecular flexibility index (Phi) is 8.13. The van der Waals surface area contributed by atoms with Crippen molar-refractivity contribution in [2.45, 2.75) is 50.8 Å². The molecular formula is C25H33N3O4S. The van der Waals surface area contributed by atoms with Crippen LogP contribution in [0.5, 0.6) is 0 Å². The fourth-order valence-electron chi connectivity index (χ4n) is 3.91. The van der Waals surface area contributed by atoms with Crippen LogP contribution in [0.15, 0.2) is 53.4 Å². The predicted molar refractivity (Wildman–Crippen MR) is 130 cm³/mol. The molecule has 1 aliphatic rings. The first kappa shape index (κ1) is 24.8. The molecule has 0 radical (unpaired) electrons. The summed E-state index contributed by atoms with van der Waals surface area (Å²) in [7, 11) is -3.78. The lowest BCUT2D eigenvalue weighted by molar-refractivity contribution is -0.126. The van der Waals surface area contributed by atoms with Gasteiger partial charge in [0, 0.05) is 30.9 Å². The van der Waals surface area contributed by atoms with Gasteiger partial charge in [0.1, 0.15) is 0 Å². The van der Waals surface area contributed by atoms with E-state index >= 15 is 0 Å². The number of anilines is 1. The van der Waals surface area contributed by atoms with E-state index in [4.69, 9.17) is 0 Å². The topological polar surface area (TPSA) is 95.6 Å². The van der Waals surface area contributed by atoms with Gasteiger partial charge in [-0.1, -0.05) is 39.0 Å². The monoisotopic (exact) mass is 471 g/mol. The van der Waals surface area contributed by atoms with Crippen molar-refractivity contribution in [3.63, 3.8) is 0 Å². The van der Waals surface area contributed by atoms with Crippen LogP contribution < -0.4 is 10.0 Å². The first-order valence-electron chi connectivity index (χ1n) is 11.5. The smallest absolute Gasteiger partial charge is 0.261 e. The van der Waals surface area contributed by atoms with Gasteiger partial charge in [0.25, 0.3) is 15.9 Å². The van der Waals surface area contributed by atoms with Crippen molar-refractivity contribution in [1.82, 2.24) is 10.2 Å². The molecule has 0 saturated carbocycles. The van der Waals surface area contributed by atoms with Crippen LogP contribution in [0.2, 0.25) is 0 Å². The minimum atomic E-state index is -3.78. The van der Waals surface area contributed by atoms with Gasteiger partial charge in [0.2, 0.25) is 5.91 Å². The molecule has 0 aromatic heterocycles. The number of hydrogen-bond acceptors (Lipinski definition) is 4. The number of benzene rings is 2. The lowest BCUT2D eigenvalue weighted by atomic mass is 9.96. The highest BCUT2D eigenvalue weighted by Crippen LogP contribution is 2.23. The quantitative estimate of drug-likeness (QED) is 0.609. The van der Waals surface area contributed by atoms with E-state index in [2.05, 4.69) is 10.0 Å². The van der Waals surface area contributed by atoms with Crippen molar-refractivity contribution >= 4 is 27.5 Å². The van der Waals surface area contributed by atoms with Gasteiger partial charge in [-0.25, -0.2) is 8.42 Å². The Morgan fingerprint density at radius 3 is 2.52 bits per heavy atom. The van der Waals surface area contributed by atoms with Gasteiger partial charge in [-0.3, -0.25) is 14.3 Å². The Morgan fingerprint density at radius 1 is 1.12 bits per heavy atom. The SMILES string of the molecule is CCCNC(=O)[C@H]1CCCN(C(=O)c2cccc(NS(=O)(=O)c3ccc(C(C)C)cc3)c2)C1. The molecule has 2 amide bonds. The van der Waals surface area contributed by atoms with Gasteiger partial charge in [0.15, 0.2) is 0 Å². The highest BCUT2D eigenvalue weighted by molar-refractivity contribution is 7.92. The number of nitrogens with zero attached hydrogens (tertiary/aromatic N) is 1. The third-order valence-corrected chi connectivity index (χ3v) is 7.24. The second kappa shape index (κ2) is 10.8. The van der Waals surface area contributed by atoms with Gasteiger partial charge < -0.3 is 10.2 Å². The van der Waals surface area contributed by atoms with Crippen LogP contribution in [-0.2, 0) is 14.8 Å². The zero-order valence-corrected chi connectivity index (χ0v) is 20.3. The molecule has 7 nitrogen and oxygen atoms in total. The van der Waals surface area contributed by atoms with Crippen LogP contribution in [0.4, 0.5) is 5.69 Å². The molecule has 8 heteroatoms. The second-order valence-corrected chi connectivity index (χ2v) is 10.5. The molecule has 3 rings (SSSR count). The Labute approximate surface area is 196 Å². The van der Waals surface area contributed by atoms with E-state index in [0.717, 1.165) is 24.8 Å². The molecule has 0 aliphatic carbocycles. The molecule has 1 fully saturated rings. The van der Waals surface area contributed by atoms with E-state index < -0.39 is 10.0 Å². The maximum Gasteiger partial charge on any atom is 0.261 e. The number of carbonyl (C=O) groups is 2.